The minimum atomic E-state index is 0.185. The zero-order valence-electron chi connectivity index (χ0n) is 13.7. The molecule has 4 nitrogen and oxygen atoms in total. The van der Waals surface area contributed by atoms with E-state index in [1.807, 2.05) is 33.0 Å². The van der Waals surface area contributed by atoms with Crippen LogP contribution in [-0.4, -0.2) is 39.6 Å². The number of rotatable bonds is 11. The van der Waals surface area contributed by atoms with Gasteiger partial charge in [0.25, 0.3) is 0 Å². The molecule has 1 atom stereocenters. The van der Waals surface area contributed by atoms with E-state index in [0.29, 0.717) is 19.8 Å². The number of hydrogen-bond donors (Lipinski definition) is 1. The second-order valence-corrected chi connectivity index (χ2v) is 5.26. The van der Waals surface area contributed by atoms with E-state index in [2.05, 4.69) is 24.4 Å². The summed E-state index contributed by atoms with van der Waals surface area (Å²) >= 11 is 0. The molecule has 0 spiro atoms. The number of nitrogens with one attached hydrogen (secondary N) is 1. The van der Waals surface area contributed by atoms with Crippen LogP contribution in [0.1, 0.15) is 38.8 Å². The highest BCUT2D eigenvalue weighted by Gasteiger charge is 2.09. The van der Waals surface area contributed by atoms with Gasteiger partial charge in [0.2, 0.25) is 0 Å². The first-order chi connectivity index (χ1) is 10.2. The summed E-state index contributed by atoms with van der Waals surface area (Å²) in [6.07, 6.45) is 1.24. The standard InChI is InChI=1S/C17H29NO3/c1-5-10-19-11-12-20-13-17(18-4)15-6-8-16(9-7-15)21-14(2)3/h6-9,14,17-18H,5,10-13H2,1-4H3. The average Bonchev–Trinajstić information content (AvgIpc) is 2.47. The fourth-order valence-electron chi connectivity index (χ4n) is 1.96. The van der Waals surface area contributed by atoms with Crippen LogP contribution in [0.3, 0.4) is 0 Å². The Kier molecular flexibility index (Phi) is 9.06. The zero-order chi connectivity index (χ0) is 15.5. The minimum Gasteiger partial charge on any atom is -0.491 e. The van der Waals surface area contributed by atoms with E-state index in [9.17, 15) is 0 Å². The lowest BCUT2D eigenvalue weighted by Gasteiger charge is -2.18. The van der Waals surface area contributed by atoms with Gasteiger partial charge in [-0.25, -0.2) is 0 Å². The van der Waals surface area contributed by atoms with E-state index in [0.717, 1.165) is 18.8 Å². The number of benzene rings is 1. The van der Waals surface area contributed by atoms with Crippen LogP contribution >= 0.6 is 0 Å². The fraction of sp³-hybridized carbons (Fsp3) is 0.647. The Morgan fingerprint density at radius 2 is 1.67 bits per heavy atom. The topological polar surface area (TPSA) is 39.7 Å². The maximum Gasteiger partial charge on any atom is 0.119 e. The normalized spacial score (nSPS) is 12.6. The lowest BCUT2D eigenvalue weighted by molar-refractivity contribution is 0.0399. The van der Waals surface area contributed by atoms with E-state index in [4.69, 9.17) is 14.2 Å². The number of hydrogen-bond acceptors (Lipinski definition) is 4. The summed E-state index contributed by atoms with van der Waals surface area (Å²) in [6.45, 7) is 8.88. The Bertz CT molecular complexity index is 365. The molecule has 0 saturated heterocycles. The molecule has 1 aromatic carbocycles. The summed E-state index contributed by atoms with van der Waals surface area (Å²) in [5.41, 5.74) is 1.20. The van der Waals surface area contributed by atoms with E-state index in [-0.39, 0.29) is 12.1 Å². The van der Waals surface area contributed by atoms with E-state index >= 15 is 0 Å². The molecule has 0 heterocycles. The molecular weight excluding hydrogens is 266 g/mol. The van der Waals surface area contributed by atoms with Gasteiger partial charge < -0.3 is 19.5 Å². The molecule has 1 unspecified atom stereocenters. The molecule has 4 heteroatoms. The SMILES string of the molecule is CCCOCCOCC(NC)c1ccc(OC(C)C)cc1. The van der Waals surface area contributed by atoms with Crippen molar-refractivity contribution in [1.82, 2.24) is 5.32 Å². The molecule has 21 heavy (non-hydrogen) atoms. The minimum absolute atomic E-state index is 0.185. The molecular formula is C17H29NO3. The quantitative estimate of drug-likeness (QED) is 0.637. The van der Waals surface area contributed by atoms with Gasteiger partial charge in [-0.05, 0) is 45.0 Å². The van der Waals surface area contributed by atoms with Crippen molar-refractivity contribution in [3.05, 3.63) is 29.8 Å². The maximum absolute atomic E-state index is 5.66. The third-order valence-corrected chi connectivity index (χ3v) is 3.01. The van der Waals surface area contributed by atoms with Gasteiger partial charge in [0.1, 0.15) is 5.75 Å². The molecule has 0 aliphatic heterocycles. The molecule has 1 N–H and O–H groups in total. The summed E-state index contributed by atoms with van der Waals surface area (Å²) in [6, 6.07) is 8.35. The Morgan fingerprint density at radius 1 is 1.00 bits per heavy atom. The predicted molar refractivity (Wildman–Crippen MR) is 85.9 cm³/mol. The van der Waals surface area contributed by atoms with Crippen LogP contribution in [0.25, 0.3) is 0 Å². The summed E-state index contributed by atoms with van der Waals surface area (Å²) in [5, 5.41) is 3.27. The van der Waals surface area contributed by atoms with Crippen molar-refractivity contribution in [2.24, 2.45) is 0 Å². The van der Waals surface area contributed by atoms with Gasteiger partial charge >= 0.3 is 0 Å². The van der Waals surface area contributed by atoms with Crippen molar-refractivity contribution >= 4 is 0 Å². The second-order valence-electron chi connectivity index (χ2n) is 5.26. The molecule has 0 aliphatic rings. The third-order valence-electron chi connectivity index (χ3n) is 3.01. The zero-order valence-corrected chi connectivity index (χ0v) is 13.7. The number of ether oxygens (including phenoxy) is 3. The third kappa shape index (κ3) is 7.46. The second kappa shape index (κ2) is 10.6. The van der Waals surface area contributed by atoms with Crippen molar-refractivity contribution in [2.75, 3.05) is 33.5 Å². The molecule has 1 aromatic rings. The van der Waals surface area contributed by atoms with E-state index < -0.39 is 0 Å². The van der Waals surface area contributed by atoms with Crippen LogP contribution in [0.5, 0.6) is 5.75 Å². The maximum atomic E-state index is 5.66. The van der Waals surface area contributed by atoms with E-state index in [1.54, 1.807) is 0 Å². The molecule has 0 radical (unpaired) electrons. The summed E-state index contributed by atoms with van der Waals surface area (Å²) in [5.74, 6) is 0.900. The van der Waals surface area contributed by atoms with Gasteiger partial charge in [0.05, 0.1) is 32.0 Å². The van der Waals surface area contributed by atoms with Gasteiger partial charge in [0.15, 0.2) is 0 Å². The van der Waals surface area contributed by atoms with Crippen LogP contribution in [0.2, 0.25) is 0 Å². The Balaban J connectivity index is 2.37. The highest BCUT2D eigenvalue weighted by molar-refractivity contribution is 5.29. The fourth-order valence-corrected chi connectivity index (χ4v) is 1.96. The van der Waals surface area contributed by atoms with Crippen LogP contribution in [0, 0.1) is 0 Å². The van der Waals surface area contributed by atoms with Gasteiger partial charge in [-0.3, -0.25) is 0 Å². The molecule has 0 aliphatic carbocycles. The van der Waals surface area contributed by atoms with Crippen LogP contribution in [0.4, 0.5) is 0 Å². The Hall–Kier alpha value is -1.10. The summed E-state index contributed by atoms with van der Waals surface area (Å²) < 4.78 is 16.7. The molecule has 0 fully saturated rings. The van der Waals surface area contributed by atoms with Gasteiger partial charge in [-0.15, -0.1) is 0 Å². The Labute approximate surface area is 128 Å². The highest BCUT2D eigenvalue weighted by Crippen LogP contribution is 2.19. The van der Waals surface area contributed by atoms with Crippen LogP contribution in [-0.2, 0) is 9.47 Å². The Morgan fingerprint density at radius 3 is 2.24 bits per heavy atom. The van der Waals surface area contributed by atoms with E-state index in [1.165, 1.54) is 5.56 Å². The average molecular weight is 295 g/mol. The summed E-state index contributed by atoms with van der Waals surface area (Å²) in [4.78, 5) is 0. The first-order valence-corrected chi connectivity index (χ1v) is 7.76. The first-order valence-electron chi connectivity index (χ1n) is 7.76. The molecule has 0 aromatic heterocycles. The summed E-state index contributed by atoms with van der Waals surface area (Å²) in [7, 11) is 1.94. The van der Waals surface area contributed by atoms with Crippen molar-refractivity contribution < 1.29 is 14.2 Å². The van der Waals surface area contributed by atoms with Crippen molar-refractivity contribution in [3.63, 3.8) is 0 Å². The van der Waals surface area contributed by atoms with Crippen molar-refractivity contribution in [1.29, 1.82) is 0 Å². The van der Waals surface area contributed by atoms with Crippen molar-refractivity contribution in [3.8, 4) is 5.75 Å². The largest absolute Gasteiger partial charge is 0.491 e. The van der Waals surface area contributed by atoms with Gasteiger partial charge in [-0.1, -0.05) is 19.1 Å². The number of likely N-dealkylation sites (N-methyl/N-ethyl adjacent to an activating group) is 1. The highest BCUT2D eigenvalue weighted by atomic mass is 16.5. The van der Waals surface area contributed by atoms with Crippen LogP contribution in [0.15, 0.2) is 24.3 Å². The predicted octanol–water partition coefficient (Wildman–Crippen LogP) is 3.18. The monoisotopic (exact) mass is 295 g/mol. The van der Waals surface area contributed by atoms with Gasteiger partial charge in [0, 0.05) is 6.61 Å². The van der Waals surface area contributed by atoms with Crippen LogP contribution < -0.4 is 10.1 Å². The lowest BCUT2D eigenvalue weighted by atomic mass is 10.1. The molecule has 0 saturated carbocycles. The molecule has 120 valence electrons. The molecule has 0 amide bonds. The first kappa shape index (κ1) is 18.0. The van der Waals surface area contributed by atoms with Gasteiger partial charge in [-0.2, -0.15) is 0 Å². The lowest BCUT2D eigenvalue weighted by Crippen LogP contribution is -2.22. The molecule has 1 rings (SSSR count). The molecule has 0 bridgehead atoms. The van der Waals surface area contributed by atoms with Crippen molar-refractivity contribution in [2.45, 2.75) is 39.3 Å². The smallest absolute Gasteiger partial charge is 0.119 e.